The Labute approximate surface area is 152 Å². The molecule has 1 N–H and O–H groups in total. The van der Waals surface area contributed by atoms with Crippen molar-refractivity contribution in [2.24, 2.45) is 4.99 Å². The molecule has 2 saturated heterocycles. The number of ether oxygens (including phenoxy) is 2. The molecule has 0 aromatic heterocycles. The molecule has 0 saturated carbocycles. The maximum Gasteiger partial charge on any atom is 0.194 e. The number of hydrogen-bond acceptors (Lipinski definition) is 3. The van der Waals surface area contributed by atoms with Crippen LogP contribution in [0.1, 0.15) is 46.0 Å². The Hall–Kier alpha value is -0.0800. The Morgan fingerprint density at radius 2 is 2.00 bits per heavy atom. The van der Waals surface area contributed by atoms with Crippen molar-refractivity contribution in [2.45, 2.75) is 58.2 Å². The van der Waals surface area contributed by atoms with Crippen LogP contribution in [0.5, 0.6) is 0 Å². The maximum absolute atomic E-state index is 5.91. The van der Waals surface area contributed by atoms with Gasteiger partial charge >= 0.3 is 0 Å². The fourth-order valence-corrected chi connectivity index (χ4v) is 2.96. The largest absolute Gasteiger partial charge is 0.375 e. The SMILES string of the molecule is CCCCCN=C(NCC)N1CCOC(C2CCCO2)C1.I. The monoisotopic (exact) mass is 425 g/mol. The van der Waals surface area contributed by atoms with Gasteiger partial charge in [-0.15, -0.1) is 24.0 Å². The fourth-order valence-electron chi connectivity index (χ4n) is 2.96. The highest BCUT2D eigenvalue weighted by atomic mass is 127. The van der Waals surface area contributed by atoms with Crippen LogP contribution < -0.4 is 5.32 Å². The molecule has 2 unspecified atom stereocenters. The van der Waals surface area contributed by atoms with E-state index in [1.807, 2.05) is 0 Å². The van der Waals surface area contributed by atoms with Crippen LogP contribution in [-0.4, -0.2) is 62.5 Å². The molecule has 0 spiro atoms. The molecule has 0 aromatic carbocycles. The highest BCUT2D eigenvalue weighted by Gasteiger charge is 2.32. The van der Waals surface area contributed by atoms with Gasteiger partial charge in [-0.2, -0.15) is 0 Å². The van der Waals surface area contributed by atoms with E-state index in [0.29, 0.717) is 0 Å². The first kappa shape index (κ1) is 20.0. The van der Waals surface area contributed by atoms with Gasteiger partial charge in [-0.05, 0) is 26.2 Å². The van der Waals surface area contributed by atoms with Crippen molar-refractivity contribution in [3.63, 3.8) is 0 Å². The molecule has 2 aliphatic heterocycles. The Kier molecular flexibility index (Phi) is 10.4. The first-order chi connectivity index (χ1) is 10.3. The number of morpholine rings is 1. The predicted octanol–water partition coefficient (Wildman–Crippen LogP) is 2.64. The molecule has 0 bridgehead atoms. The van der Waals surface area contributed by atoms with Crippen LogP contribution in [0.3, 0.4) is 0 Å². The third-order valence-corrected chi connectivity index (χ3v) is 4.13. The van der Waals surface area contributed by atoms with Gasteiger partial charge in [-0.1, -0.05) is 19.8 Å². The quantitative estimate of drug-likeness (QED) is 0.308. The van der Waals surface area contributed by atoms with E-state index in [-0.39, 0.29) is 36.2 Å². The summed E-state index contributed by atoms with van der Waals surface area (Å²) in [6.45, 7) is 9.64. The second-order valence-corrected chi connectivity index (χ2v) is 5.85. The van der Waals surface area contributed by atoms with Gasteiger partial charge in [0.05, 0.1) is 12.7 Å². The van der Waals surface area contributed by atoms with Crippen LogP contribution in [0, 0.1) is 0 Å². The number of rotatable bonds is 6. The van der Waals surface area contributed by atoms with Crippen LogP contribution >= 0.6 is 24.0 Å². The molecule has 2 heterocycles. The van der Waals surface area contributed by atoms with Gasteiger partial charge in [-0.25, -0.2) is 0 Å². The second-order valence-electron chi connectivity index (χ2n) is 5.85. The fraction of sp³-hybridized carbons (Fsp3) is 0.938. The Morgan fingerprint density at radius 1 is 1.18 bits per heavy atom. The van der Waals surface area contributed by atoms with E-state index in [9.17, 15) is 0 Å². The van der Waals surface area contributed by atoms with Crippen molar-refractivity contribution in [3.8, 4) is 0 Å². The Morgan fingerprint density at radius 3 is 2.68 bits per heavy atom. The van der Waals surface area contributed by atoms with E-state index in [1.54, 1.807) is 0 Å². The maximum atomic E-state index is 5.91. The van der Waals surface area contributed by atoms with Gasteiger partial charge in [-0.3, -0.25) is 4.99 Å². The average Bonchev–Trinajstić information content (AvgIpc) is 3.05. The van der Waals surface area contributed by atoms with Crippen molar-refractivity contribution in [1.82, 2.24) is 10.2 Å². The Bertz CT molecular complexity index is 323. The number of hydrogen-bond donors (Lipinski definition) is 1. The van der Waals surface area contributed by atoms with Gasteiger partial charge < -0.3 is 19.7 Å². The molecular formula is C16H32IN3O2. The van der Waals surface area contributed by atoms with Gasteiger partial charge in [0, 0.05) is 32.8 Å². The minimum atomic E-state index is 0. The summed E-state index contributed by atoms with van der Waals surface area (Å²) in [6.07, 6.45) is 6.43. The molecular weight excluding hydrogens is 393 g/mol. The number of guanidine groups is 1. The molecule has 2 rings (SSSR count). The van der Waals surface area contributed by atoms with E-state index in [2.05, 4.69) is 24.1 Å². The highest BCUT2D eigenvalue weighted by Crippen LogP contribution is 2.21. The van der Waals surface area contributed by atoms with Crippen molar-refractivity contribution in [2.75, 3.05) is 39.4 Å². The van der Waals surface area contributed by atoms with E-state index >= 15 is 0 Å². The highest BCUT2D eigenvalue weighted by molar-refractivity contribution is 14.0. The molecule has 0 amide bonds. The predicted molar refractivity (Wildman–Crippen MR) is 101 cm³/mol. The van der Waals surface area contributed by atoms with Crippen molar-refractivity contribution < 1.29 is 9.47 Å². The minimum absolute atomic E-state index is 0. The number of halogens is 1. The number of nitrogens with one attached hydrogen (secondary N) is 1. The molecule has 0 aliphatic carbocycles. The molecule has 6 heteroatoms. The molecule has 22 heavy (non-hydrogen) atoms. The second kappa shape index (κ2) is 11.5. The van der Waals surface area contributed by atoms with Gasteiger partial charge in [0.1, 0.15) is 6.10 Å². The van der Waals surface area contributed by atoms with Crippen molar-refractivity contribution >= 4 is 29.9 Å². The topological polar surface area (TPSA) is 46.1 Å². The lowest BCUT2D eigenvalue weighted by atomic mass is 10.1. The normalized spacial score (nSPS) is 25.9. The summed E-state index contributed by atoms with van der Waals surface area (Å²) in [4.78, 5) is 7.11. The third kappa shape index (κ3) is 6.20. The lowest BCUT2D eigenvalue weighted by molar-refractivity contribution is -0.0817. The first-order valence-corrected chi connectivity index (χ1v) is 8.61. The van der Waals surface area contributed by atoms with Crippen LogP contribution in [0.4, 0.5) is 0 Å². The zero-order valence-electron chi connectivity index (χ0n) is 14.1. The van der Waals surface area contributed by atoms with Crippen molar-refractivity contribution in [1.29, 1.82) is 0 Å². The van der Waals surface area contributed by atoms with E-state index in [0.717, 1.165) is 58.2 Å². The van der Waals surface area contributed by atoms with Gasteiger partial charge in [0.2, 0.25) is 0 Å². The molecule has 2 aliphatic rings. The molecule has 5 nitrogen and oxygen atoms in total. The van der Waals surface area contributed by atoms with Crippen LogP contribution in [0.25, 0.3) is 0 Å². The van der Waals surface area contributed by atoms with E-state index < -0.39 is 0 Å². The summed E-state index contributed by atoms with van der Waals surface area (Å²) in [5, 5.41) is 3.42. The summed E-state index contributed by atoms with van der Waals surface area (Å²) in [5.41, 5.74) is 0. The molecule has 2 atom stereocenters. The average molecular weight is 425 g/mol. The molecule has 0 aromatic rings. The first-order valence-electron chi connectivity index (χ1n) is 8.61. The summed E-state index contributed by atoms with van der Waals surface area (Å²) in [7, 11) is 0. The lowest BCUT2D eigenvalue weighted by Gasteiger charge is -2.37. The molecule has 0 radical (unpaired) electrons. The lowest BCUT2D eigenvalue weighted by Crippen LogP contribution is -2.53. The summed E-state index contributed by atoms with van der Waals surface area (Å²) in [6, 6.07) is 0. The van der Waals surface area contributed by atoms with Gasteiger partial charge in [0.15, 0.2) is 5.96 Å². The van der Waals surface area contributed by atoms with E-state index in [1.165, 1.54) is 19.3 Å². The van der Waals surface area contributed by atoms with Gasteiger partial charge in [0.25, 0.3) is 0 Å². The Balaban J connectivity index is 0.00000242. The number of nitrogens with zero attached hydrogens (tertiary/aromatic N) is 2. The van der Waals surface area contributed by atoms with Crippen LogP contribution in [-0.2, 0) is 9.47 Å². The smallest absolute Gasteiger partial charge is 0.194 e. The van der Waals surface area contributed by atoms with Crippen LogP contribution in [0.2, 0.25) is 0 Å². The summed E-state index contributed by atoms with van der Waals surface area (Å²) in [5.74, 6) is 1.04. The van der Waals surface area contributed by atoms with E-state index in [4.69, 9.17) is 14.5 Å². The zero-order valence-corrected chi connectivity index (χ0v) is 16.4. The standard InChI is InChI=1S/C16H31N3O2.HI/c1-3-5-6-9-18-16(17-4-2)19-10-12-21-15(13-19)14-8-7-11-20-14;/h14-15H,3-13H2,1-2H3,(H,17,18);1H. The minimum Gasteiger partial charge on any atom is -0.375 e. The summed E-state index contributed by atoms with van der Waals surface area (Å²) < 4.78 is 11.7. The molecule has 2 fully saturated rings. The van der Waals surface area contributed by atoms with Crippen molar-refractivity contribution in [3.05, 3.63) is 0 Å². The number of aliphatic imine (C=N–C) groups is 1. The number of unbranched alkanes of at least 4 members (excludes halogenated alkanes) is 2. The zero-order chi connectivity index (χ0) is 14.9. The molecule has 130 valence electrons. The summed E-state index contributed by atoms with van der Waals surface area (Å²) >= 11 is 0. The van der Waals surface area contributed by atoms with Crippen LogP contribution in [0.15, 0.2) is 4.99 Å². The third-order valence-electron chi connectivity index (χ3n) is 4.13.